The summed E-state index contributed by atoms with van der Waals surface area (Å²) >= 11 is 0. The van der Waals surface area contributed by atoms with Gasteiger partial charge in [-0.3, -0.25) is 9.59 Å². The predicted octanol–water partition coefficient (Wildman–Crippen LogP) is 2.93. The van der Waals surface area contributed by atoms with E-state index in [-0.39, 0.29) is 11.8 Å². The van der Waals surface area contributed by atoms with Gasteiger partial charge in [-0.2, -0.15) is 0 Å². The third-order valence-electron chi connectivity index (χ3n) is 4.71. The van der Waals surface area contributed by atoms with Crippen molar-refractivity contribution in [3.63, 3.8) is 0 Å². The smallest absolute Gasteiger partial charge is 0.254 e. The Hall–Kier alpha value is -2.62. The minimum absolute atomic E-state index is 0.0961. The summed E-state index contributed by atoms with van der Waals surface area (Å²) in [4.78, 5) is 27.2. The minimum Gasteiger partial charge on any atom is -0.352 e. The van der Waals surface area contributed by atoms with E-state index in [2.05, 4.69) is 5.32 Å². The number of benzene rings is 2. The zero-order valence-corrected chi connectivity index (χ0v) is 14.3. The van der Waals surface area contributed by atoms with E-state index >= 15 is 0 Å². The van der Waals surface area contributed by atoms with Gasteiger partial charge in [0, 0.05) is 18.7 Å². The Morgan fingerprint density at radius 2 is 1.79 bits per heavy atom. The Labute approximate surface area is 142 Å². The van der Waals surface area contributed by atoms with Gasteiger partial charge < -0.3 is 10.2 Å². The van der Waals surface area contributed by atoms with Crippen molar-refractivity contribution in [3.05, 3.63) is 70.3 Å². The number of nitrogens with one attached hydrogen (secondary N) is 1. The molecule has 2 amide bonds. The van der Waals surface area contributed by atoms with Crippen LogP contribution in [0.2, 0.25) is 0 Å². The fourth-order valence-electron chi connectivity index (χ4n) is 3.13. The van der Waals surface area contributed by atoms with Gasteiger partial charge in [-0.05, 0) is 55.2 Å². The number of carbonyl (C=O) groups excluding carboxylic acids is 2. The Bertz CT molecular complexity index is 798. The largest absolute Gasteiger partial charge is 0.352 e. The van der Waals surface area contributed by atoms with Gasteiger partial charge in [-0.15, -0.1) is 0 Å². The molecule has 0 spiro atoms. The Balaban J connectivity index is 2.00. The van der Waals surface area contributed by atoms with Gasteiger partial charge in [0.15, 0.2) is 0 Å². The van der Waals surface area contributed by atoms with Crippen LogP contribution < -0.4 is 5.32 Å². The lowest BCUT2D eigenvalue weighted by Gasteiger charge is -2.36. The molecule has 1 aliphatic rings. The van der Waals surface area contributed by atoms with Crippen LogP contribution in [0.5, 0.6) is 0 Å². The van der Waals surface area contributed by atoms with E-state index in [0.29, 0.717) is 18.7 Å². The first-order chi connectivity index (χ1) is 11.5. The van der Waals surface area contributed by atoms with Gasteiger partial charge in [0.1, 0.15) is 6.04 Å². The van der Waals surface area contributed by atoms with Crippen LogP contribution in [0.1, 0.15) is 38.7 Å². The van der Waals surface area contributed by atoms with Gasteiger partial charge in [0.2, 0.25) is 5.91 Å². The molecule has 1 atom stereocenters. The van der Waals surface area contributed by atoms with E-state index < -0.39 is 6.04 Å². The van der Waals surface area contributed by atoms with Crippen molar-refractivity contribution in [1.29, 1.82) is 0 Å². The van der Waals surface area contributed by atoms with E-state index in [9.17, 15) is 9.59 Å². The predicted molar refractivity (Wildman–Crippen MR) is 93.9 cm³/mol. The molecule has 0 radical (unpaired) electrons. The van der Waals surface area contributed by atoms with Gasteiger partial charge in [-0.25, -0.2) is 0 Å². The molecule has 4 nitrogen and oxygen atoms in total. The molecule has 2 aromatic carbocycles. The molecular weight excluding hydrogens is 300 g/mol. The number of piperazine rings is 1. The number of aryl methyl sites for hydroxylation is 3. The summed E-state index contributed by atoms with van der Waals surface area (Å²) < 4.78 is 0. The molecule has 24 heavy (non-hydrogen) atoms. The Morgan fingerprint density at radius 1 is 1.04 bits per heavy atom. The summed E-state index contributed by atoms with van der Waals surface area (Å²) in [5.74, 6) is -0.214. The summed E-state index contributed by atoms with van der Waals surface area (Å²) in [6.07, 6.45) is 0. The molecule has 1 N–H and O–H groups in total. The molecule has 0 aliphatic carbocycles. The van der Waals surface area contributed by atoms with Gasteiger partial charge in [0.25, 0.3) is 5.91 Å². The molecular formula is C20H22N2O2. The van der Waals surface area contributed by atoms with Gasteiger partial charge >= 0.3 is 0 Å². The lowest BCUT2D eigenvalue weighted by atomic mass is 9.96. The topological polar surface area (TPSA) is 49.4 Å². The standard InChI is InChI=1S/C20H22N2O2/c1-13-8-9-16(12-15(13)3)20(24)22-11-10-21-19(23)18(22)17-7-5-4-6-14(17)2/h4-9,12,18H,10-11H2,1-3H3,(H,21,23). The Morgan fingerprint density at radius 3 is 2.50 bits per heavy atom. The lowest BCUT2D eigenvalue weighted by Crippen LogP contribution is -2.52. The summed E-state index contributed by atoms with van der Waals surface area (Å²) in [6.45, 7) is 6.98. The number of nitrogens with zero attached hydrogens (tertiary/aromatic N) is 1. The minimum atomic E-state index is -0.575. The van der Waals surface area contributed by atoms with Crippen molar-refractivity contribution < 1.29 is 9.59 Å². The van der Waals surface area contributed by atoms with Crippen molar-refractivity contribution in [2.45, 2.75) is 26.8 Å². The fraction of sp³-hybridized carbons (Fsp3) is 0.300. The molecule has 1 heterocycles. The highest BCUT2D eigenvalue weighted by Crippen LogP contribution is 2.28. The van der Waals surface area contributed by atoms with E-state index in [1.54, 1.807) is 4.90 Å². The highest BCUT2D eigenvalue weighted by atomic mass is 16.2. The van der Waals surface area contributed by atoms with Crippen LogP contribution in [0.15, 0.2) is 42.5 Å². The summed E-state index contributed by atoms with van der Waals surface area (Å²) in [5.41, 5.74) is 4.75. The van der Waals surface area contributed by atoms with E-state index in [1.165, 1.54) is 0 Å². The number of hydrogen-bond acceptors (Lipinski definition) is 2. The van der Waals surface area contributed by atoms with Crippen molar-refractivity contribution >= 4 is 11.8 Å². The van der Waals surface area contributed by atoms with Crippen LogP contribution in [-0.4, -0.2) is 29.8 Å². The lowest BCUT2D eigenvalue weighted by molar-refractivity contribution is -0.128. The third kappa shape index (κ3) is 2.92. The fourth-order valence-corrected chi connectivity index (χ4v) is 3.13. The first kappa shape index (κ1) is 16.2. The molecule has 124 valence electrons. The monoisotopic (exact) mass is 322 g/mol. The van der Waals surface area contributed by atoms with Crippen LogP contribution >= 0.6 is 0 Å². The van der Waals surface area contributed by atoms with E-state index in [4.69, 9.17) is 0 Å². The highest BCUT2D eigenvalue weighted by Gasteiger charge is 2.35. The second-order valence-electron chi connectivity index (χ2n) is 6.35. The maximum atomic E-state index is 13.0. The van der Waals surface area contributed by atoms with E-state index in [1.807, 2.05) is 63.2 Å². The molecule has 3 rings (SSSR count). The Kier molecular flexibility index (Phi) is 4.38. The number of hydrogen-bond donors (Lipinski definition) is 1. The number of amides is 2. The molecule has 0 bridgehead atoms. The molecule has 1 saturated heterocycles. The number of rotatable bonds is 2. The third-order valence-corrected chi connectivity index (χ3v) is 4.71. The van der Waals surface area contributed by atoms with Crippen LogP contribution in [-0.2, 0) is 4.79 Å². The second kappa shape index (κ2) is 6.48. The highest BCUT2D eigenvalue weighted by molar-refractivity contribution is 5.98. The molecule has 0 saturated carbocycles. The van der Waals surface area contributed by atoms with Crippen molar-refractivity contribution in [2.24, 2.45) is 0 Å². The molecule has 1 unspecified atom stereocenters. The normalized spacial score (nSPS) is 17.5. The van der Waals surface area contributed by atoms with Crippen molar-refractivity contribution in [2.75, 3.05) is 13.1 Å². The average Bonchev–Trinajstić information content (AvgIpc) is 2.57. The molecule has 4 heteroatoms. The van der Waals surface area contributed by atoms with Crippen molar-refractivity contribution in [1.82, 2.24) is 10.2 Å². The van der Waals surface area contributed by atoms with Crippen LogP contribution in [0, 0.1) is 20.8 Å². The molecule has 1 fully saturated rings. The van der Waals surface area contributed by atoms with E-state index in [0.717, 1.165) is 22.3 Å². The summed E-state index contributed by atoms with van der Waals surface area (Å²) in [7, 11) is 0. The van der Waals surface area contributed by atoms with Gasteiger partial charge in [-0.1, -0.05) is 30.3 Å². The van der Waals surface area contributed by atoms with Crippen LogP contribution in [0.3, 0.4) is 0 Å². The van der Waals surface area contributed by atoms with Gasteiger partial charge in [0.05, 0.1) is 0 Å². The molecule has 1 aliphatic heterocycles. The first-order valence-electron chi connectivity index (χ1n) is 8.20. The summed E-state index contributed by atoms with van der Waals surface area (Å²) in [5, 5.41) is 2.88. The maximum Gasteiger partial charge on any atom is 0.254 e. The van der Waals surface area contributed by atoms with Crippen molar-refractivity contribution in [3.8, 4) is 0 Å². The average molecular weight is 322 g/mol. The first-order valence-corrected chi connectivity index (χ1v) is 8.20. The quantitative estimate of drug-likeness (QED) is 0.924. The van der Waals surface area contributed by atoms with Crippen LogP contribution in [0.25, 0.3) is 0 Å². The molecule has 0 aromatic heterocycles. The zero-order valence-electron chi connectivity index (χ0n) is 14.3. The zero-order chi connectivity index (χ0) is 17.3. The van der Waals surface area contributed by atoms with Crippen LogP contribution in [0.4, 0.5) is 0 Å². The molecule has 2 aromatic rings. The second-order valence-corrected chi connectivity index (χ2v) is 6.35. The number of carbonyl (C=O) groups is 2. The maximum absolute atomic E-state index is 13.0. The SMILES string of the molecule is Cc1ccc(C(=O)N2CCNC(=O)C2c2ccccc2C)cc1C. The summed E-state index contributed by atoms with van der Waals surface area (Å²) in [6, 6.07) is 12.9.